The van der Waals surface area contributed by atoms with Crippen molar-refractivity contribution in [3.8, 4) is 11.5 Å². The second kappa shape index (κ2) is 10.6. The number of hydrogen-bond acceptors (Lipinski definition) is 7. The molecule has 7 nitrogen and oxygen atoms in total. The van der Waals surface area contributed by atoms with E-state index >= 15 is 0 Å². The largest absolute Gasteiger partial charge is 0.463 e. The fraction of sp³-hybridized carbons (Fsp3) is 0.250. The van der Waals surface area contributed by atoms with Crippen LogP contribution in [0.15, 0.2) is 67.7 Å². The van der Waals surface area contributed by atoms with E-state index in [4.69, 9.17) is 4.42 Å². The standard InChI is InChI=1S/C24H24N4O3S2/c1-16-5-6-17(2)18(12-16)14-32-24-26-19(15-33-24)13-22(29)25-9-10-28-23(30)8-7-20(27-28)21-4-3-11-31-21/h3-8,11-12,15H,9-10,13-14H2,1-2H3,(H,25,29). The zero-order valence-electron chi connectivity index (χ0n) is 18.4. The summed E-state index contributed by atoms with van der Waals surface area (Å²) < 4.78 is 7.59. The molecule has 4 rings (SSSR count). The highest BCUT2D eigenvalue weighted by molar-refractivity contribution is 8.00. The van der Waals surface area contributed by atoms with Crippen molar-refractivity contribution in [3.63, 3.8) is 0 Å². The molecule has 0 spiro atoms. The van der Waals surface area contributed by atoms with Crippen LogP contribution in [0.1, 0.15) is 22.4 Å². The smallest absolute Gasteiger partial charge is 0.266 e. The first-order valence-corrected chi connectivity index (χ1v) is 12.4. The molecule has 0 radical (unpaired) electrons. The van der Waals surface area contributed by atoms with Gasteiger partial charge >= 0.3 is 0 Å². The van der Waals surface area contributed by atoms with Gasteiger partial charge in [0, 0.05) is 23.7 Å². The van der Waals surface area contributed by atoms with Gasteiger partial charge in [0.05, 0.1) is 24.9 Å². The van der Waals surface area contributed by atoms with E-state index in [1.807, 2.05) is 5.38 Å². The summed E-state index contributed by atoms with van der Waals surface area (Å²) in [5.41, 5.74) is 4.90. The van der Waals surface area contributed by atoms with E-state index in [0.717, 1.165) is 15.8 Å². The van der Waals surface area contributed by atoms with Crippen molar-refractivity contribution in [2.45, 2.75) is 36.9 Å². The van der Waals surface area contributed by atoms with E-state index in [2.05, 4.69) is 47.4 Å². The van der Waals surface area contributed by atoms with Crippen LogP contribution >= 0.6 is 23.1 Å². The molecule has 0 bridgehead atoms. The lowest BCUT2D eigenvalue weighted by Crippen LogP contribution is -2.32. The average molecular weight is 481 g/mol. The first-order chi connectivity index (χ1) is 16.0. The summed E-state index contributed by atoms with van der Waals surface area (Å²) in [7, 11) is 0. The minimum Gasteiger partial charge on any atom is -0.463 e. The van der Waals surface area contributed by atoms with E-state index in [1.165, 1.54) is 27.4 Å². The van der Waals surface area contributed by atoms with Gasteiger partial charge in [-0.1, -0.05) is 35.5 Å². The first kappa shape index (κ1) is 23.0. The molecule has 0 saturated heterocycles. The Morgan fingerprint density at radius 2 is 2.09 bits per heavy atom. The summed E-state index contributed by atoms with van der Waals surface area (Å²) in [6.07, 6.45) is 1.76. The van der Waals surface area contributed by atoms with Crippen LogP contribution in [0.4, 0.5) is 0 Å². The van der Waals surface area contributed by atoms with Crippen molar-refractivity contribution < 1.29 is 9.21 Å². The number of carbonyl (C=O) groups excluding carboxylic acids is 1. The lowest BCUT2D eigenvalue weighted by atomic mass is 10.1. The number of carbonyl (C=O) groups is 1. The van der Waals surface area contributed by atoms with Gasteiger partial charge in [-0.15, -0.1) is 11.3 Å². The van der Waals surface area contributed by atoms with Gasteiger partial charge < -0.3 is 9.73 Å². The van der Waals surface area contributed by atoms with Gasteiger partial charge in [-0.2, -0.15) is 5.10 Å². The quantitative estimate of drug-likeness (QED) is 0.361. The maximum atomic E-state index is 12.3. The van der Waals surface area contributed by atoms with E-state index in [0.29, 0.717) is 18.0 Å². The highest BCUT2D eigenvalue weighted by Crippen LogP contribution is 2.28. The lowest BCUT2D eigenvalue weighted by molar-refractivity contribution is -0.120. The molecule has 0 aliphatic heterocycles. The number of furan rings is 1. The molecule has 0 aliphatic rings. The number of benzene rings is 1. The Balaban J connectivity index is 1.26. The summed E-state index contributed by atoms with van der Waals surface area (Å²) >= 11 is 3.23. The molecular weight excluding hydrogens is 456 g/mol. The van der Waals surface area contributed by atoms with Gasteiger partial charge in [0.25, 0.3) is 5.56 Å². The predicted molar refractivity (Wildman–Crippen MR) is 131 cm³/mol. The second-order valence-corrected chi connectivity index (χ2v) is 9.69. The van der Waals surface area contributed by atoms with Gasteiger partial charge in [-0.3, -0.25) is 9.59 Å². The lowest BCUT2D eigenvalue weighted by Gasteiger charge is -2.07. The van der Waals surface area contributed by atoms with Crippen LogP contribution in [-0.2, 0) is 23.5 Å². The summed E-state index contributed by atoms with van der Waals surface area (Å²) in [5, 5.41) is 9.06. The molecule has 3 heterocycles. The Hall–Kier alpha value is -3.17. The molecule has 1 amide bonds. The van der Waals surface area contributed by atoms with Gasteiger partial charge in [0.15, 0.2) is 5.76 Å². The van der Waals surface area contributed by atoms with Crippen LogP contribution in [0.2, 0.25) is 0 Å². The Morgan fingerprint density at radius 3 is 2.91 bits per heavy atom. The SMILES string of the molecule is Cc1ccc(C)c(CSc2nc(CC(=O)NCCn3nc(-c4ccco4)ccc3=O)cs2)c1. The summed E-state index contributed by atoms with van der Waals surface area (Å²) in [6, 6.07) is 13.1. The molecule has 0 aliphatic carbocycles. The predicted octanol–water partition coefficient (Wildman–Crippen LogP) is 4.23. The minimum absolute atomic E-state index is 0.137. The Kier molecular flexibility index (Phi) is 7.41. The third kappa shape index (κ3) is 6.21. The molecule has 4 aromatic rings. The van der Waals surface area contributed by atoms with Gasteiger partial charge in [0.2, 0.25) is 5.91 Å². The van der Waals surface area contributed by atoms with Crippen LogP contribution in [0.3, 0.4) is 0 Å². The minimum atomic E-state index is -0.232. The fourth-order valence-corrected chi connectivity index (χ4v) is 5.13. The van der Waals surface area contributed by atoms with Gasteiger partial charge in [-0.05, 0) is 43.2 Å². The average Bonchev–Trinajstić information content (AvgIpc) is 3.48. The molecule has 1 aromatic carbocycles. The topological polar surface area (TPSA) is 90.0 Å². The Labute approximate surface area is 199 Å². The molecular formula is C24H24N4O3S2. The Bertz CT molecular complexity index is 1300. The van der Waals surface area contributed by atoms with Crippen LogP contribution in [0.25, 0.3) is 11.5 Å². The molecule has 0 saturated carbocycles. The molecule has 9 heteroatoms. The Morgan fingerprint density at radius 1 is 1.21 bits per heavy atom. The number of rotatable bonds is 9. The van der Waals surface area contributed by atoms with E-state index in [-0.39, 0.29) is 24.4 Å². The number of amides is 1. The zero-order valence-corrected chi connectivity index (χ0v) is 20.0. The van der Waals surface area contributed by atoms with E-state index < -0.39 is 0 Å². The number of aryl methyl sites for hydroxylation is 2. The maximum absolute atomic E-state index is 12.3. The number of thioether (sulfide) groups is 1. The van der Waals surface area contributed by atoms with Crippen LogP contribution in [-0.4, -0.2) is 27.2 Å². The van der Waals surface area contributed by atoms with Crippen molar-refractivity contribution in [1.29, 1.82) is 0 Å². The van der Waals surface area contributed by atoms with Crippen molar-refractivity contribution in [2.75, 3.05) is 6.54 Å². The highest BCUT2D eigenvalue weighted by atomic mass is 32.2. The summed E-state index contributed by atoms with van der Waals surface area (Å²) in [5.74, 6) is 1.30. The number of nitrogens with zero attached hydrogens (tertiary/aromatic N) is 3. The monoisotopic (exact) mass is 480 g/mol. The maximum Gasteiger partial charge on any atom is 0.266 e. The van der Waals surface area contributed by atoms with Gasteiger partial charge in [0.1, 0.15) is 10.0 Å². The normalized spacial score (nSPS) is 11.0. The molecule has 0 fully saturated rings. The zero-order chi connectivity index (χ0) is 23.2. The van der Waals surface area contributed by atoms with Gasteiger partial charge in [-0.25, -0.2) is 9.67 Å². The molecule has 3 aromatic heterocycles. The first-order valence-electron chi connectivity index (χ1n) is 10.5. The fourth-order valence-electron chi connectivity index (χ4n) is 3.22. The summed E-state index contributed by atoms with van der Waals surface area (Å²) in [6.45, 7) is 4.78. The van der Waals surface area contributed by atoms with Crippen molar-refractivity contribution in [1.82, 2.24) is 20.1 Å². The third-order valence-corrected chi connectivity index (χ3v) is 7.13. The van der Waals surface area contributed by atoms with Crippen LogP contribution < -0.4 is 10.9 Å². The second-order valence-electron chi connectivity index (χ2n) is 7.61. The summed E-state index contributed by atoms with van der Waals surface area (Å²) in [4.78, 5) is 29.0. The number of thiazole rings is 1. The molecule has 0 atom stereocenters. The van der Waals surface area contributed by atoms with Crippen molar-refractivity contribution in [2.24, 2.45) is 0 Å². The number of hydrogen-bond donors (Lipinski definition) is 1. The highest BCUT2D eigenvalue weighted by Gasteiger charge is 2.10. The molecule has 170 valence electrons. The third-order valence-electron chi connectivity index (χ3n) is 5.01. The van der Waals surface area contributed by atoms with Crippen molar-refractivity contribution in [3.05, 3.63) is 86.8 Å². The number of aromatic nitrogens is 3. The van der Waals surface area contributed by atoms with E-state index in [9.17, 15) is 9.59 Å². The van der Waals surface area contributed by atoms with Crippen molar-refractivity contribution >= 4 is 29.0 Å². The molecule has 1 N–H and O–H groups in total. The number of nitrogens with one attached hydrogen (secondary N) is 1. The molecule has 0 unspecified atom stereocenters. The molecule has 33 heavy (non-hydrogen) atoms. The van der Waals surface area contributed by atoms with E-state index in [1.54, 1.807) is 47.6 Å². The van der Waals surface area contributed by atoms with Crippen LogP contribution in [0.5, 0.6) is 0 Å². The van der Waals surface area contributed by atoms with Crippen LogP contribution in [0, 0.1) is 13.8 Å².